The van der Waals surface area contributed by atoms with E-state index < -0.39 is 0 Å². The molecule has 1 amide bonds. The van der Waals surface area contributed by atoms with Crippen LogP contribution < -0.4 is 0 Å². The van der Waals surface area contributed by atoms with Crippen LogP contribution in [0, 0.1) is 5.82 Å². The summed E-state index contributed by atoms with van der Waals surface area (Å²) in [5.74, 6) is -0.284. The second-order valence-corrected chi connectivity index (χ2v) is 4.82. The van der Waals surface area contributed by atoms with Crippen molar-refractivity contribution in [2.45, 2.75) is 13.8 Å². The van der Waals surface area contributed by atoms with Gasteiger partial charge in [-0.2, -0.15) is 0 Å². The van der Waals surface area contributed by atoms with Gasteiger partial charge < -0.3 is 4.90 Å². The highest BCUT2D eigenvalue weighted by molar-refractivity contribution is 7.20. The molecule has 1 heterocycles. The molecule has 2 nitrogen and oxygen atoms in total. The molecule has 2 rings (SSSR count). The highest BCUT2D eigenvalue weighted by atomic mass is 32.1. The van der Waals surface area contributed by atoms with E-state index in [1.54, 1.807) is 17.0 Å². The number of carbonyl (C=O) groups excluding carboxylic acids is 1. The number of amides is 1. The molecule has 0 saturated heterocycles. The molecule has 0 aliphatic heterocycles. The van der Waals surface area contributed by atoms with Gasteiger partial charge >= 0.3 is 0 Å². The van der Waals surface area contributed by atoms with E-state index in [1.165, 1.54) is 17.4 Å². The molecule has 4 heteroatoms. The van der Waals surface area contributed by atoms with Crippen molar-refractivity contribution in [2.24, 2.45) is 0 Å². The second kappa shape index (κ2) is 4.84. The molecule has 0 aliphatic carbocycles. The maximum absolute atomic E-state index is 13.5. The molecule has 17 heavy (non-hydrogen) atoms. The van der Waals surface area contributed by atoms with Crippen LogP contribution in [0.1, 0.15) is 23.5 Å². The number of halogens is 1. The summed E-state index contributed by atoms with van der Waals surface area (Å²) >= 11 is 1.35. The first kappa shape index (κ1) is 12.0. The van der Waals surface area contributed by atoms with Crippen molar-refractivity contribution in [1.82, 2.24) is 4.90 Å². The van der Waals surface area contributed by atoms with E-state index in [0.29, 0.717) is 23.4 Å². The number of hydrogen-bond acceptors (Lipinski definition) is 2. The molecule has 1 aromatic heterocycles. The summed E-state index contributed by atoms with van der Waals surface area (Å²) < 4.78 is 14.3. The average molecular weight is 251 g/mol. The van der Waals surface area contributed by atoms with Crippen LogP contribution in [-0.2, 0) is 0 Å². The molecule has 2 aromatic rings. The van der Waals surface area contributed by atoms with Gasteiger partial charge in [0.15, 0.2) is 0 Å². The van der Waals surface area contributed by atoms with Crippen LogP contribution in [0.5, 0.6) is 0 Å². The Bertz CT molecular complexity index is 545. The first-order valence-electron chi connectivity index (χ1n) is 5.64. The molecule has 0 N–H and O–H groups in total. The lowest BCUT2D eigenvalue weighted by atomic mass is 10.2. The Hall–Kier alpha value is -1.42. The Balaban J connectivity index is 2.43. The molecule has 0 radical (unpaired) electrons. The fourth-order valence-electron chi connectivity index (χ4n) is 1.80. The zero-order valence-corrected chi connectivity index (χ0v) is 10.7. The minimum Gasteiger partial charge on any atom is -0.339 e. The fraction of sp³-hybridized carbons (Fsp3) is 0.308. The molecular formula is C13H14FNOS. The van der Waals surface area contributed by atoms with Crippen LogP contribution in [0.3, 0.4) is 0 Å². The normalized spacial score (nSPS) is 10.8. The highest BCUT2D eigenvalue weighted by Crippen LogP contribution is 2.28. The largest absolute Gasteiger partial charge is 0.339 e. The smallest absolute Gasteiger partial charge is 0.263 e. The van der Waals surface area contributed by atoms with Crippen molar-refractivity contribution >= 4 is 27.3 Å². The van der Waals surface area contributed by atoms with Crippen molar-refractivity contribution in [3.8, 4) is 0 Å². The number of rotatable bonds is 3. The first-order valence-corrected chi connectivity index (χ1v) is 6.46. The van der Waals surface area contributed by atoms with Crippen LogP contribution in [-0.4, -0.2) is 23.9 Å². The van der Waals surface area contributed by atoms with Crippen LogP contribution in [0.25, 0.3) is 10.1 Å². The lowest BCUT2D eigenvalue weighted by molar-refractivity contribution is 0.0778. The van der Waals surface area contributed by atoms with Crippen LogP contribution >= 0.6 is 11.3 Å². The molecule has 90 valence electrons. The van der Waals surface area contributed by atoms with Gasteiger partial charge in [0.05, 0.1) is 4.88 Å². The van der Waals surface area contributed by atoms with Crippen molar-refractivity contribution in [1.29, 1.82) is 0 Å². The maximum atomic E-state index is 13.5. The average Bonchev–Trinajstić information content (AvgIpc) is 2.76. The Kier molecular flexibility index (Phi) is 3.43. The minimum atomic E-state index is -0.266. The summed E-state index contributed by atoms with van der Waals surface area (Å²) in [5.41, 5.74) is 0. The van der Waals surface area contributed by atoms with Crippen LogP contribution in [0.4, 0.5) is 4.39 Å². The van der Waals surface area contributed by atoms with Crippen LogP contribution in [0.15, 0.2) is 24.3 Å². The maximum Gasteiger partial charge on any atom is 0.263 e. The van der Waals surface area contributed by atoms with Gasteiger partial charge in [0.1, 0.15) is 5.82 Å². The summed E-state index contributed by atoms with van der Waals surface area (Å²) in [5, 5.41) is 0.535. The van der Waals surface area contributed by atoms with Gasteiger partial charge in [-0.15, -0.1) is 11.3 Å². The van der Waals surface area contributed by atoms with Gasteiger partial charge in [-0.25, -0.2) is 4.39 Å². The summed E-state index contributed by atoms with van der Waals surface area (Å²) in [6.07, 6.45) is 0. The Morgan fingerprint density at radius 1 is 1.35 bits per heavy atom. The summed E-state index contributed by atoms with van der Waals surface area (Å²) in [6.45, 7) is 5.22. The van der Waals surface area contributed by atoms with Gasteiger partial charge in [0, 0.05) is 23.2 Å². The third-order valence-corrected chi connectivity index (χ3v) is 3.86. The van der Waals surface area contributed by atoms with E-state index in [2.05, 4.69) is 0 Å². The van der Waals surface area contributed by atoms with Crippen molar-refractivity contribution in [3.05, 3.63) is 35.0 Å². The summed E-state index contributed by atoms with van der Waals surface area (Å²) in [4.78, 5) is 14.4. The van der Waals surface area contributed by atoms with E-state index in [1.807, 2.05) is 19.9 Å². The summed E-state index contributed by atoms with van der Waals surface area (Å²) in [6, 6.07) is 6.57. The van der Waals surface area contributed by atoms with Gasteiger partial charge in [-0.3, -0.25) is 4.79 Å². The van der Waals surface area contributed by atoms with Crippen molar-refractivity contribution in [3.63, 3.8) is 0 Å². The highest BCUT2D eigenvalue weighted by Gasteiger charge is 2.16. The SMILES string of the molecule is CCN(CC)C(=O)c1cc2c(F)cccc2s1. The lowest BCUT2D eigenvalue weighted by Crippen LogP contribution is -2.29. The van der Waals surface area contributed by atoms with E-state index in [0.717, 1.165) is 4.70 Å². The van der Waals surface area contributed by atoms with Gasteiger partial charge in [-0.1, -0.05) is 6.07 Å². The Morgan fingerprint density at radius 2 is 2.06 bits per heavy atom. The van der Waals surface area contributed by atoms with Gasteiger partial charge in [0.2, 0.25) is 0 Å². The fourth-order valence-corrected chi connectivity index (χ4v) is 2.84. The predicted molar refractivity (Wildman–Crippen MR) is 69.0 cm³/mol. The quantitative estimate of drug-likeness (QED) is 0.817. The molecular weight excluding hydrogens is 237 g/mol. The molecule has 0 bridgehead atoms. The van der Waals surface area contributed by atoms with Gasteiger partial charge in [-0.05, 0) is 32.0 Å². The number of thiophene rings is 1. The molecule has 0 aliphatic rings. The zero-order valence-electron chi connectivity index (χ0n) is 9.87. The summed E-state index contributed by atoms with van der Waals surface area (Å²) in [7, 11) is 0. The molecule has 0 atom stereocenters. The van der Waals surface area contributed by atoms with E-state index in [9.17, 15) is 9.18 Å². The third-order valence-electron chi connectivity index (χ3n) is 2.77. The molecule has 0 fully saturated rings. The zero-order chi connectivity index (χ0) is 12.4. The van der Waals surface area contributed by atoms with Crippen molar-refractivity contribution in [2.75, 3.05) is 13.1 Å². The standard InChI is InChI=1S/C13H14FNOS/c1-3-15(4-2)13(16)12-8-9-10(14)6-5-7-11(9)17-12/h5-8H,3-4H2,1-2H3. The Labute approximate surface area is 104 Å². The van der Waals surface area contributed by atoms with E-state index >= 15 is 0 Å². The number of benzene rings is 1. The lowest BCUT2D eigenvalue weighted by Gasteiger charge is -2.17. The Morgan fingerprint density at radius 3 is 2.65 bits per heavy atom. The van der Waals surface area contributed by atoms with Crippen LogP contribution in [0.2, 0.25) is 0 Å². The third kappa shape index (κ3) is 2.17. The molecule has 0 spiro atoms. The molecule has 0 saturated carbocycles. The predicted octanol–water partition coefficient (Wildman–Crippen LogP) is 3.52. The number of nitrogens with zero attached hydrogens (tertiary/aromatic N) is 1. The number of fused-ring (bicyclic) bond motifs is 1. The van der Waals surface area contributed by atoms with Gasteiger partial charge in [0.25, 0.3) is 5.91 Å². The van der Waals surface area contributed by atoms with E-state index in [-0.39, 0.29) is 11.7 Å². The topological polar surface area (TPSA) is 20.3 Å². The molecule has 1 aromatic carbocycles. The molecule has 0 unspecified atom stereocenters. The first-order chi connectivity index (χ1) is 8.17. The number of hydrogen-bond donors (Lipinski definition) is 0. The van der Waals surface area contributed by atoms with Crippen molar-refractivity contribution < 1.29 is 9.18 Å². The van der Waals surface area contributed by atoms with E-state index in [4.69, 9.17) is 0 Å². The monoisotopic (exact) mass is 251 g/mol. The number of carbonyl (C=O) groups is 1. The minimum absolute atomic E-state index is 0.0180. The second-order valence-electron chi connectivity index (χ2n) is 3.74.